The highest BCUT2D eigenvalue weighted by atomic mass is 35.5. The summed E-state index contributed by atoms with van der Waals surface area (Å²) in [6.07, 6.45) is 0. The van der Waals surface area contributed by atoms with E-state index < -0.39 is 0 Å². The predicted octanol–water partition coefficient (Wildman–Crippen LogP) is 2.79. The van der Waals surface area contributed by atoms with Gasteiger partial charge in [0.2, 0.25) is 0 Å². The van der Waals surface area contributed by atoms with Gasteiger partial charge in [0.25, 0.3) is 0 Å². The van der Waals surface area contributed by atoms with Gasteiger partial charge in [-0.05, 0) is 19.1 Å². The first-order valence-corrected chi connectivity index (χ1v) is 3.67. The van der Waals surface area contributed by atoms with Crippen molar-refractivity contribution >= 4 is 22.6 Å². The predicted molar refractivity (Wildman–Crippen MR) is 43.8 cm³/mol. The maximum Gasteiger partial charge on any atom is 0.185 e. The van der Waals surface area contributed by atoms with Crippen LogP contribution in [-0.2, 0) is 0 Å². The number of rotatable bonds is 0. The van der Waals surface area contributed by atoms with Crippen LogP contribution >= 0.6 is 11.6 Å². The average Bonchev–Trinajstić information content (AvgIpc) is 2.35. The van der Waals surface area contributed by atoms with Gasteiger partial charge in [0.05, 0.1) is 10.7 Å². The Hall–Kier alpha value is -1.02. The molecule has 3 heteroatoms. The molecule has 0 aliphatic carbocycles. The van der Waals surface area contributed by atoms with Crippen molar-refractivity contribution < 1.29 is 4.52 Å². The van der Waals surface area contributed by atoms with Crippen molar-refractivity contribution in [2.45, 2.75) is 6.92 Å². The van der Waals surface area contributed by atoms with Gasteiger partial charge >= 0.3 is 0 Å². The van der Waals surface area contributed by atoms with Crippen molar-refractivity contribution in [1.29, 1.82) is 0 Å². The van der Waals surface area contributed by atoms with Crippen molar-refractivity contribution in [3.8, 4) is 0 Å². The highest BCUT2D eigenvalue weighted by Gasteiger charge is 2.05. The van der Waals surface area contributed by atoms with E-state index in [1.165, 1.54) is 0 Å². The zero-order valence-corrected chi connectivity index (χ0v) is 6.72. The molecule has 2 nitrogen and oxygen atoms in total. The molecule has 0 radical (unpaired) electrons. The molecule has 2 rings (SSSR count). The van der Waals surface area contributed by atoms with Gasteiger partial charge in [-0.25, -0.2) is 0 Å². The van der Waals surface area contributed by atoms with Crippen LogP contribution in [0.5, 0.6) is 0 Å². The van der Waals surface area contributed by atoms with Crippen molar-refractivity contribution in [3.63, 3.8) is 0 Å². The van der Waals surface area contributed by atoms with E-state index in [0.717, 1.165) is 11.1 Å². The van der Waals surface area contributed by atoms with Crippen LogP contribution in [0.4, 0.5) is 0 Å². The van der Waals surface area contributed by atoms with E-state index in [2.05, 4.69) is 5.16 Å². The number of para-hydroxylation sites is 1. The third-order valence-corrected chi connectivity index (χ3v) is 1.93. The molecule has 0 aliphatic rings. The Morgan fingerprint density at radius 3 is 3.00 bits per heavy atom. The molecule has 0 N–H and O–H groups in total. The SMILES string of the molecule is Cc1noc2c(Cl)cccc12. The number of fused-ring (bicyclic) bond motifs is 1. The molecule has 0 saturated heterocycles. The molecule has 0 amide bonds. The Morgan fingerprint density at radius 1 is 1.45 bits per heavy atom. The highest BCUT2D eigenvalue weighted by molar-refractivity contribution is 6.34. The quantitative estimate of drug-likeness (QED) is 0.603. The van der Waals surface area contributed by atoms with Crippen LogP contribution < -0.4 is 0 Å². The second-order valence-corrected chi connectivity index (χ2v) is 2.79. The summed E-state index contributed by atoms with van der Waals surface area (Å²) in [6, 6.07) is 5.61. The molecule has 0 saturated carbocycles. The highest BCUT2D eigenvalue weighted by Crippen LogP contribution is 2.24. The van der Waals surface area contributed by atoms with Crippen LogP contribution in [0.2, 0.25) is 5.02 Å². The van der Waals surface area contributed by atoms with E-state index in [1.54, 1.807) is 6.07 Å². The first-order valence-electron chi connectivity index (χ1n) is 3.29. The largest absolute Gasteiger partial charge is 0.354 e. The number of benzene rings is 1. The summed E-state index contributed by atoms with van der Waals surface area (Å²) < 4.78 is 5.00. The Balaban J connectivity index is 2.94. The topological polar surface area (TPSA) is 26.0 Å². The number of aryl methyl sites for hydroxylation is 1. The monoisotopic (exact) mass is 167 g/mol. The van der Waals surface area contributed by atoms with Gasteiger partial charge in [-0.3, -0.25) is 0 Å². The number of nitrogens with zero attached hydrogens (tertiary/aromatic N) is 1. The molecule has 0 aliphatic heterocycles. The molecule has 0 unspecified atom stereocenters. The maximum atomic E-state index is 5.84. The number of halogens is 1. The van der Waals surface area contributed by atoms with E-state index in [0.29, 0.717) is 10.6 Å². The Kier molecular flexibility index (Phi) is 1.36. The number of hydrogen-bond donors (Lipinski definition) is 0. The lowest BCUT2D eigenvalue weighted by molar-refractivity contribution is 0.450. The summed E-state index contributed by atoms with van der Waals surface area (Å²) in [5, 5.41) is 5.39. The molecule has 1 aromatic carbocycles. The fourth-order valence-electron chi connectivity index (χ4n) is 1.05. The Labute approximate surface area is 68.7 Å². The van der Waals surface area contributed by atoms with Crippen molar-refractivity contribution in [2.24, 2.45) is 0 Å². The fraction of sp³-hybridized carbons (Fsp3) is 0.125. The summed E-state index contributed by atoms with van der Waals surface area (Å²) in [7, 11) is 0. The van der Waals surface area contributed by atoms with Gasteiger partial charge in [-0.2, -0.15) is 0 Å². The third kappa shape index (κ3) is 0.906. The van der Waals surface area contributed by atoms with Crippen molar-refractivity contribution in [1.82, 2.24) is 5.16 Å². The van der Waals surface area contributed by atoms with Gasteiger partial charge < -0.3 is 4.52 Å². The minimum absolute atomic E-state index is 0.614. The van der Waals surface area contributed by atoms with Crippen LogP contribution in [-0.4, -0.2) is 5.16 Å². The summed E-state index contributed by atoms with van der Waals surface area (Å²) in [4.78, 5) is 0. The van der Waals surface area contributed by atoms with Crippen LogP contribution in [0.3, 0.4) is 0 Å². The van der Waals surface area contributed by atoms with Crippen LogP contribution in [0.15, 0.2) is 22.7 Å². The van der Waals surface area contributed by atoms with Gasteiger partial charge in [0.1, 0.15) is 0 Å². The van der Waals surface area contributed by atoms with E-state index in [4.69, 9.17) is 16.1 Å². The van der Waals surface area contributed by atoms with Crippen molar-refractivity contribution in [3.05, 3.63) is 28.9 Å². The molecule has 1 aromatic heterocycles. The molecule has 11 heavy (non-hydrogen) atoms. The lowest BCUT2D eigenvalue weighted by Crippen LogP contribution is -1.68. The molecule has 56 valence electrons. The third-order valence-electron chi connectivity index (χ3n) is 1.63. The molecule has 0 atom stereocenters. The smallest absolute Gasteiger partial charge is 0.185 e. The summed E-state index contributed by atoms with van der Waals surface area (Å²) in [5.41, 5.74) is 1.55. The normalized spacial score (nSPS) is 10.7. The molecule has 2 aromatic rings. The molecular weight excluding hydrogens is 162 g/mol. The first-order chi connectivity index (χ1) is 5.29. The van der Waals surface area contributed by atoms with E-state index in [1.807, 2.05) is 19.1 Å². The maximum absolute atomic E-state index is 5.84. The molecular formula is C8H6ClNO. The van der Waals surface area contributed by atoms with E-state index in [9.17, 15) is 0 Å². The van der Waals surface area contributed by atoms with Crippen LogP contribution in [0.1, 0.15) is 5.69 Å². The number of aromatic nitrogens is 1. The zero-order valence-electron chi connectivity index (χ0n) is 5.97. The van der Waals surface area contributed by atoms with E-state index >= 15 is 0 Å². The standard InChI is InChI=1S/C8H6ClNO/c1-5-6-3-2-4-7(9)8(6)11-10-5/h2-4H,1H3. The minimum Gasteiger partial charge on any atom is -0.354 e. The molecule has 0 spiro atoms. The fourth-order valence-corrected chi connectivity index (χ4v) is 1.26. The Morgan fingerprint density at radius 2 is 2.27 bits per heavy atom. The molecule has 0 fully saturated rings. The number of hydrogen-bond acceptors (Lipinski definition) is 2. The van der Waals surface area contributed by atoms with E-state index in [-0.39, 0.29) is 0 Å². The van der Waals surface area contributed by atoms with Crippen LogP contribution in [0.25, 0.3) is 11.0 Å². The van der Waals surface area contributed by atoms with Gasteiger partial charge in [0, 0.05) is 5.39 Å². The minimum atomic E-state index is 0.614. The molecule has 1 heterocycles. The van der Waals surface area contributed by atoms with Gasteiger partial charge in [-0.1, -0.05) is 22.8 Å². The summed E-state index contributed by atoms with van der Waals surface area (Å²) in [6.45, 7) is 1.89. The second kappa shape index (κ2) is 2.24. The Bertz CT molecular complexity index is 394. The second-order valence-electron chi connectivity index (χ2n) is 2.38. The summed E-state index contributed by atoms with van der Waals surface area (Å²) in [5.74, 6) is 0. The first kappa shape index (κ1) is 6.68. The zero-order chi connectivity index (χ0) is 7.84. The average molecular weight is 168 g/mol. The summed E-state index contributed by atoms with van der Waals surface area (Å²) >= 11 is 5.84. The molecule has 0 bridgehead atoms. The lowest BCUT2D eigenvalue weighted by Gasteiger charge is -1.87. The van der Waals surface area contributed by atoms with Gasteiger partial charge in [0.15, 0.2) is 5.58 Å². The van der Waals surface area contributed by atoms with Crippen LogP contribution in [0, 0.1) is 6.92 Å². The lowest BCUT2D eigenvalue weighted by atomic mass is 10.2. The van der Waals surface area contributed by atoms with Gasteiger partial charge in [-0.15, -0.1) is 0 Å². The van der Waals surface area contributed by atoms with Crippen molar-refractivity contribution in [2.75, 3.05) is 0 Å².